The Bertz CT molecular complexity index is 494. The number of carbonyl (C=O) groups excluding carboxylic acids is 1. The van der Waals surface area contributed by atoms with Crippen LogP contribution in [0, 0.1) is 17.3 Å². The largest absolute Gasteiger partial charge is 0.429 e. The van der Waals surface area contributed by atoms with Gasteiger partial charge in [0.25, 0.3) is 0 Å². The van der Waals surface area contributed by atoms with Gasteiger partial charge in [0.1, 0.15) is 0 Å². The van der Waals surface area contributed by atoms with Crippen LogP contribution in [0.5, 0.6) is 0 Å². The zero-order valence-corrected chi connectivity index (χ0v) is 11.3. The molecule has 4 nitrogen and oxygen atoms in total. The molecule has 0 radical (unpaired) electrons. The van der Waals surface area contributed by atoms with E-state index in [4.69, 9.17) is 4.74 Å². The van der Waals surface area contributed by atoms with Crippen molar-refractivity contribution in [3.63, 3.8) is 0 Å². The predicted molar refractivity (Wildman–Crippen MR) is 68.9 cm³/mol. The molecule has 19 heavy (non-hydrogen) atoms. The Morgan fingerprint density at radius 2 is 2.21 bits per heavy atom. The summed E-state index contributed by atoms with van der Waals surface area (Å²) in [6, 6.07) is 0. The summed E-state index contributed by atoms with van der Waals surface area (Å²) in [5.41, 5.74) is -0.868. The zero-order chi connectivity index (χ0) is 14.0. The standard InChI is InChI=1S/C15H20O4/c1-8-6-7-14(3)10(9(8)2)4-5-11-12(16)19-13(17)15(11,14)18/h5,8,10,13,17-18H,2,4,6-7H2,1,3H3/t8-,10-,13+,14-,15-/m0/s1. The summed E-state index contributed by atoms with van der Waals surface area (Å²) in [6.45, 7) is 8.24. The SMILES string of the molecule is C=C1[C@@H](C)CC[C@@]2(C)[C@H]1CC=C1C(=O)O[C@@H](O)[C@@]12O. The summed E-state index contributed by atoms with van der Waals surface area (Å²) in [5, 5.41) is 21.0. The molecule has 0 aromatic rings. The van der Waals surface area contributed by atoms with Crippen LogP contribution < -0.4 is 0 Å². The molecular formula is C15H20O4. The van der Waals surface area contributed by atoms with E-state index in [0.29, 0.717) is 12.3 Å². The highest BCUT2D eigenvalue weighted by molar-refractivity contribution is 5.94. The van der Waals surface area contributed by atoms with E-state index in [1.54, 1.807) is 6.08 Å². The van der Waals surface area contributed by atoms with Crippen LogP contribution in [0.2, 0.25) is 0 Å². The Labute approximate surface area is 112 Å². The number of carbonyl (C=O) groups is 1. The Morgan fingerprint density at radius 1 is 1.53 bits per heavy atom. The first kappa shape index (κ1) is 12.9. The summed E-state index contributed by atoms with van der Waals surface area (Å²) in [5.74, 6) is -0.111. The van der Waals surface area contributed by atoms with Crippen molar-refractivity contribution in [2.45, 2.75) is 45.0 Å². The highest BCUT2D eigenvalue weighted by atomic mass is 16.7. The van der Waals surface area contributed by atoms with Crippen LogP contribution in [0.3, 0.4) is 0 Å². The molecule has 0 aromatic carbocycles. The molecule has 0 spiro atoms. The highest BCUT2D eigenvalue weighted by Gasteiger charge is 2.67. The van der Waals surface area contributed by atoms with Crippen molar-refractivity contribution in [3.05, 3.63) is 23.8 Å². The van der Waals surface area contributed by atoms with Crippen molar-refractivity contribution in [3.8, 4) is 0 Å². The van der Waals surface area contributed by atoms with Crippen LogP contribution in [0.15, 0.2) is 23.8 Å². The molecule has 0 bridgehead atoms. The summed E-state index contributed by atoms with van der Waals surface area (Å²) in [7, 11) is 0. The van der Waals surface area contributed by atoms with Gasteiger partial charge in [-0.25, -0.2) is 4.79 Å². The third-order valence-electron chi connectivity index (χ3n) is 5.58. The minimum Gasteiger partial charge on any atom is -0.429 e. The van der Waals surface area contributed by atoms with Gasteiger partial charge in [-0.05, 0) is 31.1 Å². The lowest BCUT2D eigenvalue weighted by Crippen LogP contribution is -2.60. The first-order valence-corrected chi connectivity index (χ1v) is 6.83. The smallest absolute Gasteiger partial charge is 0.339 e. The maximum absolute atomic E-state index is 11.8. The molecule has 1 saturated carbocycles. The number of hydrogen-bond acceptors (Lipinski definition) is 4. The van der Waals surface area contributed by atoms with Crippen molar-refractivity contribution in [1.82, 2.24) is 0 Å². The van der Waals surface area contributed by atoms with Crippen molar-refractivity contribution < 1.29 is 19.7 Å². The third kappa shape index (κ3) is 1.33. The molecule has 2 fully saturated rings. The monoisotopic (exact) mass is 264 g/mol. The molecule has 3 rings (SSSR count). The summed E-state index contributed by atoms with van der Waals surface area (Å²) in [6.07, 6.45) is 2.58. The minimum atomic E-state index is -1.60. The number of aliphatic hydroxyl groups excluding tert-OH is 1. The van der Waals surface area contributed by atoms with E-state index in [1.165, 1.54) is 0 Å². The maximum atomic E-state index is 11.8. The molecule has 1 heterocycles. The lowest BCUT2D eigenvalue weighted by molar-refractivity contribution is -0.214. The van der Waals surface area contributed by atoms with E-state index in [0.717, 1.165) is 18.4 Å². The van der Waals surface area contributed by atoms with Crippen LogP contribution in [0.1, 0.15) is 33.1 Å². The number of fused-ring (bicyclic) bond motifs is 3. The second-order valence-electron chi connectivity index (χ2n) is 6.36. The summed E-state index contributed by atoms with van der Waals surface area (Å²) < 4.78 is 4.86. The molecule has 104 valence electrons. The van der Waals surface area contributed by atoms with Crippen LogP contribution in [0.4, 0.5) is 0 Å². The molecule has 1 aliphatic heterocycles. The summed E-state index contributed by atoms with van der Waals surface area (Å²) >= 11 is 0. The number of ether oxygens (including phenoxy) is 1. The van der Waals surface area contributed by atoms with Gasteiger partial charge in [0.05, 0.1) is 5.57 Å². The Balaban J connectivity index is 2.14. The molecule has 5 atom stereocenters. The number of allylic oxidation sites excluding steroid dienone is 2. The maximum Gasteiger partial charge on any atom is 0.339 e. The van der Waals surface area contributed by atoms with Crippen LogP contribution in [-0.4, -0.2) is 28.1 Å². The van der Waals surface area contributed by atoms with Crippen molar-refractivity contribution >= 4 is 5.97 Å². The molecule has 2 aliphatic carbocycles. The Hall–Kier alpha value is -1.13. The average molecular weight is 264 g/mol. The topological polar surface area (TPSA) is 66.8 Å². The van der Waals surface area contributed by atoms with Gasteiger partial charge in [-0.2, -0.15) is 0 Å². The third-order valence-corrected chi connectivity index (χ3v) is 5.58. The number of hydrogen-bond donors (Lipinski definition) is 2. The number of aliphatic hydroxyl groups is 2. The second-order valence-corrected chi connectivity index (χ2v) is 6.36. The van der Waals surface area contributed by atoms with E-state index >= 15 is 0 Å². The summed E-state index contributed by atoms with van der Waals surface area (Å²) in [4.78, 5) is 11.8. The van der Waals surface area contributed by atoms with Crippen molar-refractivity contribution in [1.29, 1.82) is 0 Å². The fraction of sp³-hybridized carbons (Fsp3) is 0.667. The lowest BCUT2D eigenvalue weighted by atomic mass is 9.51. The molecule has 4 heteroatoms. The van der Waals surface area contributed by atoms with Gasteiger partial charge in [0, 0.05) is 5.41 Å². The van der Waals surface area contributed by atoms with E-state index < -0.39 is 23.3 Å². The van der Waals surface area contributed by atoms with Crippen LogP contribution in [-0.2, 0) is 9.53 Å². The van der Waals surface area contributed by atoms with Gasteiger partial charge in [-0.1, -0.05) is 32.1 Å². The van der Waals surface area contributed by atoms with Crippen LogP contribution in [0.25, 0.3) is 0 Å². The first-order chi connectivity index (χ1) is 8.82. The van der Waals surface area contributed by atoms with E-state index in [-0.39, 0.29) is 11.5 Å². The average Bonchev–Trinajstić information content (AvgIpc) is 2.58. The second kappa shape index (κ2) is 3.70. The first-order valence-electron chi connectivity index (χ1n) is 6.83. The number of cyclic esters (lactones) is 1. The molecule has 0 unspecified atom stereocenters. The normalized spacial score (nSPS) is 49.3. The molecule has 0 aromatic heterocycles. The lowest BCUT2D eigenvalue weighted by Gasteiger charge is -2.54. The zero-order valence-electron chi connectivity index (χ0n) is 11.3. The quantitative estimate of drug-likeness (QED) is 0.514. The van der Waals surface area contributed by atoms with Gasteiger partial charge in [-0.15, -0.1) is 0 Å². The van der Waals surface area contributed by atoms with Gasteiger partial charge in [0.15, 0.2) is 5.60 Å². The minimum absolute atomic E-state index is 0.0779. The molecular weight excluding hydrogens is 244 g/mol. The van der Waals surface area contributed by atoms with E-state index in [2.05, 4.69) is 13.5 Å². The fourth-order valence-electron chi connectivity index (χ4n) is 4.10. The van der Waals surface area contributed by atoms with Gasteiger partial charge in [-0.3, -0.25) is 0 Å². The van der Waals surface area contributed by atoms with Crippen molar-refractivity contribution in [2.24, 2.45) is 17.3 Å². The number of esters is 1. The fourth-order valence-corrected chi connectivity index (χ4v) is 4.10. The Kier molecular flexibility index (Phi) is 2.51. The molecule has 3 aliphatic rings. The highest BCUT2D eigenvalue weighted by Crippen LogP contribution is 2.60. The van der Waals surface area contributed by atoms with Gasteiger partial charge >= 0.3 is 5.97 Å². The molecule has 2 N–H and O–H groups in total. The van der Waals surface area contributed by atoms with Gasteiger partial charge < -0.3 is 14.9 Å². The molecule has 1 saturated heterocycles. The van der Waals surface area contributed by atoms with Crippen molar-refractivity contribution in [2.75, 3.05) is 0 Å². The van der Waals surface area contributed by atoms with E-state index in [1.807, 2.05) is 6.92 Å². The van der Waals surface area contributed by atoms with E-state index in [9.17, 15) is 15.0 Å². The Morgan fingerprint density at radius 3 is 2.89 bits per heavy atom. The van der Waals surface area contributed by atoms with Gasteiger partial charge in [0.2, 0.25) is 6.29 Å². The number of rotatable bonds is 0. The predicted octanol–water partition coefficient (Wildman–Crippen LogP) is 1.53. The molecule has 0 amide bonds. The van der Waals surface area contributed by atoms with Crippen LogP contribution >= 0.6 is 0 Å².